The van der Waals surface area contributed by atoms with E-state index in [1.165, 1.54) is 16.7 Å². The van der Waals surface area contributed by atoms with E-state index in [2.05, 4.69) is 32.9 Å². The molecule has 0 heterocycles. The summed E-state index contributed by atoms with van der Waals surface area (Å²) in [5, 5.41) is 9.03. The average Bonchev–Trinajstić information content (AvgIpc) is 2.44. The molecular weight excluding hydrogens is 339 g/mol. The first-order valence-corrected chi connectivity index (χ1v) is 10.5. The molecule has 0 saturated carbocycles. The molecule has 3 N–H and O–H groups in total. The Labute approximate surface area is 151 Å². The standard InChI is InChI=1S/C19H33O5P/c1-15(2)8-5-9-16(3)10-6-11-17(4)12-7-13-18(19(20)21)14-25(22,23)24/h8,10,12,18H,5-7,9,11,13-14H2,1-4H3,(H,20,21)(H2,22,23,24). The molecule has 0 aromatic heterocycles. The number of rotatable bonds is 12. The smallest absolute Gasteiger partial charge is 0.326 e. The Morgan fingerprint density at radius 3 is 1.84 bits per heavy atom. The Hall–Kier alpha value is -1.16. The molecule has 6 heteroatoms. The molecular formula is C19H33O5P. The van der Waals surface area contributed by atoms with Gasteiger partial charge in [-0.15, -0.1) is 0 Å². The summed E-state index contributed by atoms with van der Waals surface area (Å²) in [6.07, 6.45) is 10.6. The Bertz CT molecular complexity index is 550. The summed E-state index contributed by atoms with van der Waals surface area (Å²) in [6.45, 7) is 8.34. The van der Waals surface area contributed by atoms with Gasteiger partial charge in [0, 0.05) is 0 Å². The van der Waals surface area contributed by atoms with Gasteiger partial charge in [0.15, 0.2) is 0 Å². The van der Waals surface area contributed by atoms with Gasteiger partial charge in [-0.3, -0.25) is 9.36 Å². The Morgan fingerprint density at radius 2 is 1.40 bits per heavy atom. The lowest BCUT2D eigenvalue weighted by atomic mass is 10.0. The zero-order valence-corrected chi connectivity index (χ0v) is 16.8. The first kappa shape index (κ1) is 23.8. The quantitative estimate of drug-likeness (QED) is 0.329. The first-order chi connectivity index (χ1) is 11.5. The summed E-state index contributed by atoms with van der Waals surface area (Å²) in [5.41, 5.74) is 3.89. The van der Waals surface area contributed by atoms with Gasteiger partial charge in [0.05, 0.1) is 12.1 Å². The van der Waals surface area contributed by atoms with Crippen LogP contribution in [0.5, 0.6) is 0 Å². The molecule has 25 heavy (non-hydrogen) atoms. The maximum absolute atomic E-state index is 11.1. The molecule has 0 amide bonds. The monoisotopic (exact) mass is 372 g/mol. The van der Waals surface area contributed by atoms with E-state index in [0.717, 1.165) is 25.7 Å². The van der Waals surface area contributed by atoms with Crippen molar-refractivity contribution in [1.82, 2.24) is 0 Å². The highest BCUT2D eigenvalue weighted by atomic mass is 31.2. The summed E-state index contributed by atoms with van der Waals surface area (Å²) in [5.74, 6) is -2.15. The summed E-state index contributed by atoms with van der Waals surface area (Å²) < 4.78 is 11.0. The Morgan fingerprint density at radius 1 is 0.920 bits per heavy atom. The second-order valence-electron chi connectivity index (χ2n) is 6.92. The van der Waals surface area contributed by atoms with E-state index in [9.17, 15) is 9.36 Å². The Balaban J connectivity index is 4.25. The van der Waals surface area contributed by atoms with Gasteiger partial charge >= 0.3 is 13.6 Å². The van der Waals surface area contributed by atoms with E-state index >= 15 is 0 Å². The predicted molar refractivity (Wildman–Crippen MR) is 103 cm³/mol. The fraction of sp³-hybridized carbons (Fsp3) is 0.632. The SMILES string of the molecule is CC(C)=CCCC(C)=CCCC(C)=CCCC(CP(=O)(O)O)C(=O)O. The molecule has 5 nitrogen and oxygen atoms in total. The summed E-state index contributed by atoms with van der Waals surface area (Å²) in [6, 6.07) is 0. The van der Waals surface area contributed by atoms with Gasteiger partial charge < -0.3 is 14.9 Å². The van der Waals surface area contributed by atoms with Gasteiger partial charge in [-0.1, -0.05) is 34.9 Å². The van der Waals surface area contributed by atoms with Crippen LogP contribution < -0.4 is 0 Å². The highest BCUT2D eigenvalue weighted by molar-refractivity contribution is 7.51. The molecule has 0 rings (SSSR count). The third-order valence-electron chi connectivity index (χ3n) is 3.94. The van der Waals surface area contributed by atoms with Gasteiger partial charge in [0.2, 0.25) is 0 Å². The van der Waals surface area contributed by atoms with Gasteiger partial charge in [-0.2, -0.15) is 0 Å². The topological polar surface area (TPSA) is 94.8 Å². The number of hydrogen-bond acceptors (Lipinski definition) is 2. The van der Waals surface area contributed by atoms with Crippen molar-refractivity contribution in [3.8, 4) is 0 Å². The molecule has 0 spiro atoms. The van der Waals surface area contributed by atoms with Crippen LogP contribution in [0.15, 0.2) is 34.9 Å². The first-order valence-electron chi connectivity index (χ1n) is 8.73. The van der Waals surface area contributed by atoms with Crippen LogP contribution >= 0.6 is 7.60 Å². The van der Waals surface area contributed by atoms with Gasteiger partial charge in [-0.25, -0.2) is 0 Å². The number of allylic oxidation sites excluding steroid dienone is 6. The van der Waals surface area contributed by atoms with E-state index in [1.54, 1.807) is 0 Å². The van der Waals surface area contributed by atoms with Crippen LogP contribution in [0.4, 0.5) is 0 Å². The summed E-state index contributed by atoms with van der Waals surface area (Å²) >= 11 is 0. The fourth-order valence-electron chi connectivity index (χ4n) is 2.45. The minimum Gasteiger partial charge on any atom is -0.481 e. The lowest BCUT2D eigenvalue weighted by molar-refractivity contribution is -0.141. The third-order valence-corrected chi connectivity index (χ3v) is 4.85. The molecule has 0 aliphatic carbocycles. The minimum atomic E-state index is -4.30. The molecule has 0 saturated heterocycles. The van der Waals surface area contributed by atoms with Crippen LogP contribution in [0.1, 0.15) is 66.2 Å². The number of carboxylic acids is 1. The molecule has 0 bridgehead atoms. The number of carboxylic acid groups (broad SMARTS) is 1. The van der Waals surface area contributed by atoms with Crippen LogP contribution in [0.2, 0.25) is 0 Å². The van der Waals surface area contributed by atoms with Gasteiger partial charge in [0.25, 0.3) is 0 Å². The lowest BCUT2D eigenvalue weighted by Crippen LogP contribution is -2.17. The second kappa shape index (κ2) is 12.2. The zero-order chi connectivity index (χ0) is 19.5. The van der Waals surface area contributed by atoms with Crippen LogP contribution in [0, 0.1) is 5.92 Å². The lowest BCUT2D eigenvalue weighted by Gasteiger charge is -2.12. The summed E-state index contributed by atoms with van der Waals surface area (Å²) in [7, 11) is -4.30. The van der Waals surface area contributed by atoms with E-state index < -0.39 is 25.6 Å². The van der Waals surface area contributed by atoms with E-state index in [4.69, 9.17) is 14.9 Å². The molecule has 0 aliphatic rings. The molecule has 1 atom stereocenters. The van der Waals surface area contributed by atoms with Crippen LogP contribution in [0.3, 0.4) is 0 Å². The van der Waals surface area contributed by atoms with Crippen molar-refractivity contribution in [1.29, 1.82) is 0 Å². The highest BCUT2D eigenvalue weighted by Crippen LogP contribution is 2.38. The van der Waals surface area contributed by atoms with Crippen molar-refractivity contribution in [3.05, 3.63) is 34.9 Å². The molecule has 1 unspecified atom stereocenters. The highest BCUT2D eigenvalue weighted by Gasteiger charge is 2.26. The molecule has 0 aromatic carbocycles. The molecule has 0 fully saturated rings. The van der Waals surface area contributed by atoms with Crippen molar-refractivity contribution in [2.24, 2.45) is 5.92 Å². The van der Waals surface area contributed by atoms with Gasteiger partial charge in [-0.05, 0) is 66.2 Å². The second-order valence-corrected chi connectivity index (χ2v) is 8.61. The largest absolute Gasteiger partial charge is 0.481 e. The van der Waals surface area contributed by atoms with E-state index in [-0.39, 0.29) is 6.42 Å². The van der Waals surface area contributed by atoms with Crippen LogP contribution in [-0.4, -0.2) is 27.0 Å². The Kier molecular flexibility index (Phi) is 11.7. The van der Waals surface area contributed by atoms with Crippen LogP contribution in [-0.2, 0) is 9.36 Å². The molecule has 144 valence electrons. The third kappa shape index (κ3) is 14.9. The maximum atomic E-state index is 11.1. The molecule has 0 aromatic rings. The van der Waals surface area contributed by atoms with Crippen molar-refractivity contribution < 1.29 is 24.3 Å². The zero-order valence-electron chi connectivity index (χ0n) is 15.9. The minimum absolute atomic E-state index is 0.245. The van der Waals surface area contributed by atoms with E-state index in [1.807, 2.05) is 13.0 Å². The fourth-order valence-corrected chi connectivity index (χ4v) is 3.36. The van der Waals surface area contributed by atoms with Gasteiger partial charge in [0.1, 0.15) is 0 Å². The van der Waals surface area contributed by atoms with Crippen LogP contribution in [0.25, 0.3) is 0 Å². The molecule has 0 radical (unpaired) electrons. The van der Waals surface area contributed by atoms with E-state index in [0.29, 0.717) is 6.42 Å². The normalized spacial score (nSPS) is 14.3. The maximum Gasteiger partial charge on any atom is 0.326 e. The average molecular weight is 372 g/mol. The van der Waals surface area contributed by atoms with Crippen molar-refractivity contribution in [2.45, 2.75) is 66.2 Å². The number of aliphatic carboxylic acids is 1. The molecule has 0 aliphatic heterocycles. The van der Waals surface area contributed by atoms with Crippen molar-refractivity contribution >= 4 is 13.6 Å². The summed E-state index contributed by atoms with van der Waals surface area (Å²) in [4.78, 5) is 28.9. The number of hydrogen-bond donors (Lipinski definition) is 3. The predicted octanol–water partition coefficient (Wildman–Crippen LogP) is 5.06. The number of carbonyl (C=O) groups is 1. The van der Waals surface area contributed by atoms with Crippen molar-refractivity contribution in [3.63, 3.8) is 0 Å². The van der Waals surface area contributed by atoms with Crippen molar-refractivity contribution in [2.75, 3.05) is 6.16 Å².